The van der Waals surface area contributed by atoms with Gasteiger partial charge in [0.05, 0.1) is 12.4 Å². The largest absolute Gasteiger partial charge is 0.461 e. The number of carbonyl (C=O) groups excluding carboxylic acids is 1. The first-order valence-corrected chi connectivity index (χ1v) is 10.1. The third-order valence-electron chi connectivity index (χ3n) is 5.89. The molecular formula is C21H19F6N5O2. The molecule has 0 saturated heterocycles. The lowest BCUT2D eigenvalue weighted by molar-refractivity contribution is -0.00303. The van der Waals surface area contributed by atoms with E-state index in [0.29, 0.717) is 6.92 Å². The highest BCUT2D eigenvalue weighted by molar-refractivity contribution is 6.02. The van der Waals surface area contributed by atoms with Crippen LogP contribution in [0.4, 0.5) is 32.0 Å². The number of anilines is 1. The van der Waals surface area contributed by atoms with E-state index in [0.717, 1.165) is 30.6 Å². The Hall–Kier alpha value is -3.38. The van der Waals surface area contributed by atoms with Crippen LogP contribution in [0.25, 0.3) is 0 Å². The predicted molar refractivity (Wildman–Crippen MR) is 108 cm³/mol. The topological polar surface area (TPSA) is 102 Å². The average molecular weight is 487 g/mol. The average Bonchev–Trinajstić information content (AvgIpc) is 3.08. The molecule has 0 bridgehead atoms. The quantitative estimate of drug-likeness (QED) is 0.623. The first-order valence-electron chi connectivity index (χ1n) is 10.1. The fourth-order valence-electron chi connectivity index (χ4n) is 4.30. The minimum atomic E-state index is -3.25. The number of nitrogens with zero attached hydrogens (tertiary/aromatic N) is 3. The summed E-state index contributed by atoms with van der Waals surface area (Å²) >= 11 is 0. The lowest BCUT2D eigenvalue weighted by Gasteiger charge is -2.40. The van der Waals surface area contributed by atoms with Crippen LogP contribution < -0.4 is 11.1 Å². The second kappa shape index (κ2) is 8.13. The highest BCUT2D eigenvalue weighted by Gasteiger charge is 2.60. The second-order valence-corrected chi connectivity index (χ2v) is 8.36. The minimum Gasteiger partial charge on any atom is -0.461 e. The van der Waals surface area contributed by atoms with Gasteiger partial charge in [0.1, 0.15) is 35.5 Å². The van der Waals surface area contributed by atoms with Gasteiger partial charge in [0, 0.05) is 36.9 Å². The molecule has 2 aromatic rings. The fraction of sp³-hybridized carbons (Fsp3) is 0.429. The molecule has 0 spiro atoms. The van der Waals surface area contributed by atoms with Gasteiger partial charge in [-0.1, -0.05) is 0 Å². The second-order valence-electron chi connectivity index (χ2n) is 8.36. The minimum absolute atomic E-state index is 0.0394. The number of nitrogens with one attached hydrogen (secondary N) is 1. The molecule has 1 aliphatic carbocycles. The van der Waals surface area contributed by atoms with E-state index in [-0.39, 0.29) is 16.9 Å². The van der Waals surface area contributed by atoms with Crippen molar-refractivity contribution in [2.75, 3.05) is 12.0 Å². The molecule has 7 nitrogen and oxygen atoms in total. The Morgan fingerprint density at radius 3 is 2.62 bits per heavy atom. The molecule has 13 heteroatoms. The zero-order valence-corrected chi connectivity index (χ0v) is 17.7. The third kappa shape index (κ3) is 4.26. The zero-order valence-electron chi connectivity index (χ0n) is 17.7. The molecule has 182 valence electrons. The Balaban J connectivity index is 1.66. The number of aliphatic imine (C=N–C) groups is 1. The summed E-state index contributed by atoms with van der Waals surface area (Å²) in [5.41, 5.74) is 2.13. The van der Waals surface area contributed by atoms with Crippen LogP contribution in [0, 0.1) is 11.7 Å². The van der Waals surface area contributed by atoms with E-state index >= 15 is 0 Å². The number of hydrogen-bond acceptors (Lipinski definition) is 6. The molecule has 1 saturated carbocycles. The van der Waals surface area contributed by atoms with E-state index in [2.05, 4.69) is 20.3 Å². The van der Waals surface area contributed by atoms with Crippen LogP contribution in [-0.2, 0) is 16.2 Å². The van der Waals surface area contributed by atoms with Gasteiger partial charge in [-0.25, -0.2) is 27.5 Å². The van der Waals surface area contributed by atoms with E-state index in [4.69, 9.17) is 10.5 Å². The number of amides is 1. The number of aromatic nitrogens is 2. The number of benzene rings is 1. The first kappa shape index (κ1) is 23.8. The van der Waals surface area contributed by atoms with Crippen molar-refractivity contribution in [3.8, 4) is 0 Å². The molecule has 1 aromatic heterocycles. The summed E-state index contributed by atoms with van der Waals surface area (Å²) < 4.78 is 89.3. The van der Waals surface area contributed by atoms with Gasteiger partial charge in [0.2, 0.25) is 0 Å². The number of rotatable bonds is 5. The number of amidine groups is 1. The molecule has 3 N–H and O–H groups in total. The number of alkyl halides is 5. The molecule has 1 aliphatic heterocycles. The summed E-state index contributed by atoms with van der Waals surface area (Å²) in [7, 11) is 0. The highest BCUT2D eigenvalue weighted by atomic mass is 19.3. The predicted octanol–water partition coefficient (Wildman–Crippen LogP) is 3.90. The molecule has 2 aliphatic rings. The lowest BCUT2D eigenvalue weighted by Crippen LogP contribution is -2.48. The highest BCUT2D eigenvalue weighted by Crippen LogP contribution is 2.53. The van der Waals surface area contributed by atoms with Gasteiger partial charge in [-0.15, -0.1) is 0 Å². The molecule has 3 atom stereocenters. The number of halogens is 6. The van der Waals surface area contributed by atoms with Gasteiger partial charge in [-0.3, -0.25) is 9.78 Å². The SMILES string of the molecule is CC(F)(F)c1cnc(C(=O)Nc2ccc(F)c(C3(CF)N=C(N)OC4CC(F)(F)CC43)c2)cn1. The van der Waals surface area contributed by atoms with E-state index in [9.17, 15) is 31.1 Å². The standard InChI is InChI=1S/C21H19F6N5O2/c1-19(24,25)16-8-29-14(7-30-16)17(33)31-10-2-3-13(23)11(4-10)21(9-22)12-5-20(26,27)6-15(12)34-18(28)32-21/h2-4,7-8,12,15H,5-6,9H2,1H3,(H2,28,32)(H,31,33). The Kier molecular flexibility index (Phi) is 5.68. The van der Waals surface area contributed by atoms with Crippen LogP contribution in [0.1, 0.15) is 41.5 Å². The maximum absolute atomic E-state index is 14.9. The Bertz CT molecular complexity index is 1140. The van der Waals surface area contributed by atoms with E-state index in [1.807, 2.05) is 0 Å². The third-order valence-corrected chi connectivity index (χ3v) is 5.89. The number of ether oxygens (including phenoxy) is 1. The maximum Gasteiger partial charge on any atom is 0.288 e. The van der Waals surface area contributed by atoms with Crippen LogP contribution in [-0.4, -0.2) is 40.6 Å². The van der Waals surface area contributed by atoms with Crippen molar-refractivity contribution in [2.45, 2.75) is 43.3 Å². The molecular weight excluding hydrogens is 468 g/mol. The van der Waals surface area contributed by atoms with Gasteiger partial charge in [-0.2, -0.15) is 8.78 Å². The normalized spacial score (nSPS) is 25.8. The summed E-state index contributed by atoms with van der Waals surface area (Å²) in [6, 6.07) is 2.58. The molecule has 2 heterocycles. The number of carbonyl (C=O) groups is 1. The van der Waals surface area contributed by atoms with Gasteiger partial charge in [0.15, 0.2) is 0 Å². The molecule has 3 unspecified atom stereocenters. The van der Waals surface area contributed by atoms with Gasteiger partial charge >= 0.3 is 0 Å². The fourth-order valence-corrected chi connectivity index (χ4v) is 4.30. The van der Waals surface area contributed by atoms with Crippen molar-refractivity contribution < 1.29 is 35.9 Å². The maximum atomic E-state index is 14.9. The van der Waals surface area contributed by atoms with Crippen LogP contribution >= 0.6 is 0 Å². The Morgan fingerprint density at radius 1 is 1.26 bits per heavy atom. The molecule has 0 radical (unpaired) electrons. The summed E-state index contributed by atoms with van der Waals surface area (Å²) in [6.07, 6.45) is -1.11. The monoisotopic (exact) mass is 487 g/mol. The van der Waals surface area contributed by atoms with Gasteiger partial charge in [-0.05, 0) is 18.2 Å². The van der Waals surface area contributed by atoms with Gasteiger partial charge in [0.25, 0.3) is 23.8 Å². The van der Waals surface area contributed by atoms with Crippen LogP contribution in [0.5, 0.6) is 0 Å². The van der Waals surface area contributed by atoms with Crippen LogP contribution in [0.15, 0.2) is 35.6 Å². The van der Waals surface area contributed by atoms with Crippen molar-refractivity contribution in [1.82, 2.24) is 9.97 Å². The molecule has 1 amide bonds. The summed E-state index contributed by atoms with van der Waals surface area (Å²) in [5.74, 6) is -9.47. The molecule has 1 aromatic carbocycles. The van der Waals surface area contributed by atoms with E-state index < -0.39 is 72.4 Å². The summed E-state index contributed by atoms with van der Waals surface area (Å²) in [4.78, 5) is 23.5. The molecule has 34 heavy (non-hydrogen) atoms. The Morgan fingerprint density at radius 2 is 2.00 bits per heavy atom. The van der Waals surface area contributed by atoms with E-state index in [1.54, 1.807) is 0 Å². The van der Waals surface area contributed by atoms with E-state index in [1.165, 1.54) is 0 Å². The van der Waals surface area contributed by atoms with Crippen molar-refractivity contribution in [3.63, 3.8) is 0 Å². The number of nitrogens with two attached hydrogens (primary N) is 1. The molecule has 1 fully saturated rings. The van der Waals surface area contributed by atoms with Gasteiger partial charge < -0.3 is 15.8 Å². The lowest BCUT2D eigenvalue weighted by atomic mass is 9.76. The van der Waals surface area contributed by atoms with Crippen LogP contribution in [0.3, 0.4) is 0 Å². The Labute approximate surface area is 189 Å². The van der Waals surface area contributed by atoms with Crippen molar-refractivity contribution in [3.05, 3.63) is 53.4 Å². The van der Waals surface area contributed by atoms with Crippen molar-refractivity contribution >= 4 is 17.6 Å². The number of hydrogen-bond donors (Lipinski definition) is 2. The summed E-state index contributed by atoms with van der Waals surface area (Å²) in [5, 5.41) is 2.37. The van der Waals surface area contributed by atoms with Crippen molar-refractivity contribution in [2.24, 2.45) is 16.6 Å². The first-order chi connectivity index (χ1) is 15.8. The number of fused-ring (bicyclic) bond motifs is 1. The summed E-state index contributed by atoms with van der Waals surface area (Å²) in [6.45, 7) is -0.728. The zero-order chi connectivity index (χ0) is 24.9. The van der Waals surface area contributed by atoms with Crippen molar-refractivity contribution in [1.29, 1.82) is 0 Å². The molecule has 4 rings (SSSR count). The smallest absolute Gasteiger partial charge is 0.288 e. The van der Waals surface area contributed by atoms with Crippen LogP contribution in [0.2, 0.25) is 0 Å².